The average molecular weight is 237 g/mol. The molecule has 0 fully saturated rings. The SMILES string of the molecule is NC(N)=NC(=S)NCCCc1ccccn1. The van der Waals surface area contributed by atoms with Crippen molar-refractivity contribution >= 4 is 23.3 Å². The molecule has 0 aromatic carbocycles. The highest BCUT2D eigenvalue weighted by molar-refractivity contribution is 7.80. The fourth-order valence-corrected chi connectivity index (χ4v) is 1.38. The van der Waals surface area contributed by atoms with Gasteiger partial charge in [-0.25, -0.2) is 0 Å². The summed E-state index contributed by atoms with van der Waals surface area (Å²) in [6.45, 7) is 0.728. The van der Waals surface area contributed by atoms with E-state index in [1.165, 1.54) is 0 Å². The molecule has 0 atom stereocenters. The smallest absolute Gasteiger partial charge is 0.196 e. The average Bonchev–Trinajstić information content (AvgIpc) is 2.25. The lowest BCUT2D eigenvalue weighted by Gasteiger charge is -2.03. The van der Waals surface area contributed by atoms with Gasteiger partial charge in [-0.2, -0.15) is 4.99 Å². The summed E-state index contributed by atoms with van der Waals surface area (Å²) >= 11 is 4.89. The van der Waals surface area contributed by atoms with Crippen LogP contribution < -0.4 is 16.8 Å². The molecule has 1 aromatic rings. The van der Waals surface area contributed by atoms with Gasteiger partial charge in [0.05, 0.1) is 0 Å². The van der Waals surface area contributed by atoms with Gasteiger partial charge in [0.15, 0.2) is 11.1 Å². The Bertz CT molecular complexity index is 359. The van der Waals surface area contributed by atoms with Crippen molar-refractivity contribution in [1.82, 2.24) is 10.3 Å². The highest BCUT2D eigenvalue weighted by Gasteiger charge is 1.95. The summed E-state index contributed by atoms with van der Waals surface area (Å²) in [7, 11) is 0. The number of thiocarbonyl (C=S) groups is 1. The van der Waals surface area contributed by atoms with Crippen molar-refractivity contribution in [2.45, 2.75) is 12.8 Å². The van der Waals surface area contributed by atoms with E-state index in [0.717, 1.165) is 25.1 Å². The molecule has 1 aromatic heterocycles. The van der Waals surface area contributed by atoms with Crippen molar-refractivity contribution in [3.05, 3.63) is 30.1 Å². The van der Waals surface area contributed by atoms with E-state index in [1.807, 2.05) is 18.2 Å². The fraction of sp³-hybridized carbons (Fsp3) is 0.300. The molecule has 1 rings (SSSR count). The number of pyridine rings is 1. The maximum atomic E-state index is 5.18. The van der Waals surface area contributed by atoms with Gasteiger partial charge in [-0.05, 0) is 37.2 Å². The van der Waals surface area contributed by atoms with Gasteiger partial charge in [-0.15, -0.1) is 0 Å². The Labute approximate surface area is 100.0 Å². The zero-order chi connectivity index (χ0) is 11.8. The zero-order valence-electron chi connectivity index (χ0n) is 8.89. The molecule has 0 aliphatic rings. The van der Waals surface area contributed by atoms with Gasteiger partial charge in [0, 0.05) is 18.4 Å². The predicted molar refractivity (Wildman–Crippen MR) is 69.0 cm³/mol. The van der Waals surface area contributed by atoms with Crippen LogP contribution in [0.4, 0.5) is 0 Å². The second kappa shape index (κ2) is 6.73. The molecule has 0 aliphatic heterocycles. The molecular formula is C10H15N5S. The lowest BCUT2D eigenvalue weighted by molar-refractivity contribution is 0.761. The Hall–Kier alpha value is -1.69. The van der Waals surface area contributed by atoms with E-state index in [9.17, 15) is 0 Å². The van der Waals surface area contributed by atoms with Gasteiger partial charge in [0.25, 0.3) is 0 Å². The number of hydrogen-bond acceptors (Lipinski definition) is 2. The van der Waals surface area contributed by atoms with Crippen LogP contribution in [0.2, 0.25) is 0 Å². The first-order valence-corrected chi connectivity index (χ1v) is 5.36. The molecule has 86 valence electrons. The maximum absolute atomic E-state index is 5.18. The second-order valence-corrected chi connectivity index (χ2v) is 3.58. The number of guanidine groups is 1. The zero-order valence-corrected chi connectivity index (χ0v) is 9.70. The molecule has 0 unspecified atom stereocenters. The molecule has 0 spiro atoms. The Kier molecular flexibility index (Phi) is 5.21. The Morgan fingerprint density at radius 2 is 2.25 bits per heavy atom. The Balaban J connectivity index is 2.18. The molecule has 0 amide bonds. The van der Waals surface area contributed by atoms with E-state index in [-0.39, 0.29) is 5.96 Å². The fourth-order valence-electron chi connectivity index (χ4n) is 1.17. The van der Waals surface area contributed by atoms with E-state index < -0.39 is 0 Å². The third-order valence-corrected chi connectivity index (χ3v) is 2.08. The normalized spacial score (nSPS) is 9.50. The van der Waals surface area contributed by atoms with E-state index in [0.29, 0.717) is 5.11 Å². The minimum Gasteiger partial charge on any atom is -0.370 e. The van der Waals surface area contributed by atoms with Gasteiger partial charge in [0.1, 0.15) is 0 Å². The highest BCUT2D eigenvalue weighted by atomic mass is 32.1. The van der Waals surface area contributed by atoms with Gasteiger partial charge < -0.3 is 16.8 Å². The van der Waals surface area contributed by atoms with E-state index in [4.69, 9.17) is 23.7 Å². The first-order chi connectivity index (χ1) is 7.68. The first-order valence-electron chi connectivity index (χ1n) is 4.96. The van der Waals surface area contributed by atoms with Crippen LogP contribution in [0.15, 0.2) is 29.4 Å². The summed E-state index contributed by atoms with van der Waals surface area (Å²) in [5.74, 6) is -0.0257. The standard InChI is InChI=1S/C10H15N5S/c11-9(12)15-10(16)14-7-3-5-8-4-1-2-6-13-8/h1-2,4,6H,3,5,7H2,(H5,11,12,14,15,16). The third-order valence-electron chi connectivity index (χ3n) is 1.84. The van der Waals surface area contributed by atoms with Crippen LogP contribution in [0.5, 0.6) is 0 Å². The predicted octanol–water partition coefficient (Wildman–Crippen LogP) is 0.162. The third kappa shape index (κ3) is 5.26. The molecule has 1 heterocycles. The van der Waals surface area contributed by atoms with Crippen LogP contribution in [0.1, 0.15) is 12.1 Å². The molecular weight excluding hydrogens is 222 g/mol. The van der Waals surface area contributed by atoms with E-state index in [2.05, 4.69) is 15.3 Å². The molecule has 16 heavy (non-hydrogen) atoms. The molecule has 0 bridgehead atoms. The summed E-state index contributed by atoms with van der Waals surface area (Å²) in [4.78, 5) is 7.91. The van der Waals surface area contributed by atoms with Crippen molar-refractivity contribution in [2.75, 3.05) is 6.54 Å². The van der Waals surface area contributed by atoms with E-state index >= 15 is 0 Å². The molecule has 0 aliphatic carbocycles. The number of nitrogens with one attached hydrogen (secondary N) is 1. The van der Waals surface area contributed by atoms with Crippen molar-refractivity contribution in [3.63, 3.8) is 0 Å². The quantitative estimate of drug-likeness (QED) is 0.300. The Morgan fingerprint density at radius 1 is 1.44 bits per heavy atom. The minimum atomic E-state index is -0.0257. The van der Waals surface area contributed by atoms with Crippen LogP contribution in [0.25, 0.3) is 0 Å². The molecule has 0 saturated carbocycles. The van der Waals surface area contributed by atoms with Crippen LogP contribution in [-0.4, -0.2) is 22.6 Å². The number of aromatic nitrogens is 1. The number of rotatable bonds is 4. The van der Waals surface area contributed by atoms with Gasteiger partial charge in [-0.1, -0.05) is 6.07 Å². The molecule has 5 N–H and O–H groups in total. The minimum absolute atomic E-state index is 0.0257. The Morgan fingerprint density at radius 3 is 2.88 bits per heavy atom. The topological polar surface area (TPSA) is 89.3 Å². The number of aliphatic imine (C=N–C) groups is 1. The van der Waals surface area contributed by atoms with Crippen LogP contribution >= 0.6 is 12.2 Å². The van der Waals surface area contributed by atoms with Gasteiger partial charge >= 0.3 is 0 Å². The number of aryl methyl sites for hydroxylation is 1. The van der Waals surface area contributed by atoms with Crippen LogP contribution in [0.3, 0.4) is 0 Å². The molecule has 5 nitrogen and oxygen atoms in total. The van der Waals surface area contributed by atoms with Crippen molar-refractivity contribution in [2.24, 2.45) is 16.5 Å². The summed E-state index contributed by atoms with van der Waals surface area (Å²) in [6, 6.07) is 5.86. The summed E-state index contributed by atoms with van der Waals surface area (Å²) < 4.78 is 0. The highest BCUT2D eigenvalue weighted by Crippen LogP contribution is 1.97. The van der Waals surface area contributed by atoms with Crippen LogP contribution in [-0.2, 0) is 6.42 Å². The van der Waals surface area contributed by atoms with Crippen molar-refractivity contribution < 1.29 is 0 Å². The van der Waals surface area contributed by atoms with Gasteiger partial charge in [0.2, 0.25) is 0 Å². The molecule has 0 radical (unpaired) electrons. The number of nitrogens with zero attached hydrogens (tertiary/aromatic N) is 2. The number of nitrogens with two attached hydrogens (primary N) is 2. The molecule has 0 saturated heterocycles. The lowest BCUT2D eigenvalue weighted by Crippen LogP contribution is -2.29. The summed E-state index contributed by atoms with van der Waals surface area (Å²) in [6.07, 6.45) is 3.61. The maximum Gasteiger partial charge on any atom is 0.196 e. The van der Waals surface area contributed by atoms with Crippen molar-refractivity contribution in [1.29, 1.82) is 0 Å². The van der Waals surface area contributed by atoms with Crippen LogP contribution in [0, 0.1) is 0 Å². The second-order valence-electron chi connectivity index (χ2n) is 3.19. The summed E-state index contributed by atoms with van der Waals surface area (Å²) in [5, 5.41) is 3.26. The first kappa shape index (κ1) is 12.4. The lowest BCUT2D eigenvalue weighted by atomic mass is 10.2. The van der Waals surface area contributed by atoms with E-state index in [1.54, 1.807) is 6.20 Å². The van der Waals surface area contributed by atoms with Crippen molar-refractivity contribution in [3.8, 4) is 0 Å². The van der Waals surface area contributed by atoms with Gasteiger partial charge in [-0.3, -0.25) is 4.98 Å². The number of hydrogen-bond donors (Lipinski definition) is 3. The molecule has 6 heteroatoms. The summed E-state index contributed by atoms with van der Waals surface area (Å²) in [5.41, 5.74) is 11.4. The monoisotopic (exact) mass is 237 g/mol. The largest absolute Gasteiger partial charge is 0.370 e.